The van der Waals surface area contributed by atoms with E-state index in [1.807, 2.05) is 53.4 Å². The van der Waals surface area contributed by atoms with Crippen LogP contribution in [0.25, 0.3) is 0 Å². The van der Waals surface area contributed by atoms with Gasteiger partial charge in [-0.25, -0.2) is 0 Å². The van der Waals surface area contributed by atoms with E-state index in [2.05, 4.69) is 12.2 Å². The molecule has 2 saturated carbocycles. The molecule has 1 N–H and O–H groups in total. The number of aryl methyl sites for hydroxylation is 1. The fraction of sp³-hybridized carbons (Fsp3) is 0.444. The van der Waals surface area contributed by atoms with Gasteiger partial charge in [0, 0.05) is 42.8 Å². The van der Waals surface area contributed by atoms with Crippen LogP contribution in [0.2, 0.25) is 0 Å². The summed E-state index contributed by atoms with van der Waals surface area (Å²) in [6.07, 6.45) is 5.26. The summed E-state index contributed by atoms with van der Waals surface area (Å²) in [6.45, 7) is 3.04. The Balaban J connectivity index is 1.26. The smallest absolute Gasteiger partial charge is 0.251 e. The van der Waals surface area contributed by atoms with Crippen LogP contribution < -0.4 is 10.2 Å². The number of rotatable bonds is 8. The standard InChI is InChI=1S/C27H31N3O3/c1-2-19-5-3-4-6-24(19)30-17-21(15-25(30)31)27(33)29(23-13-14-23)16-18-7-9-20(10-8-18)26(32)28-22-11-12-22/h3-10,21-23H,2,11-17H2,1H3,(H,28,32). The molecule has 1 heterocycles. The minimum atomic E-state index is -0.313. The van der Waals surface area contributed by atoms with Gasteiger partial charge in [-0.2, -0.15) is 0 Å². The monoisotopic (exact) mass is 445 g/mol. The van der Waals surface area contributed by atoms with E-state index in [0.717, 1.165) is 48.9 Å². The first kappa shape index (κ1) is 21.7. The number of amides is 3. The van der Waals surface area contributed by atoms with Gasteiger partial charge in [-0.1, -0.05) is 37.3 Å². The molecule has 2 aromatic carbocycles. The summed E-state index contributed by atoms with van der Waals surface area (Å²) < 4.78 is 0. The van der Waals surface area contributed by atoms with E-state index in [9.17, 15) is 14.4 Å². The van der Waals surface area contributed by atoms with Gasteiger partial charge >= 0.3 is 0 Å². The molecule has 3 aliphatic rings. The number of carbonyl (C=O) groups is 3. The number of carbonyl (C=O) groups excluding carboxylic acids is 3. The molecule has 2 aliphatic carbocycles. The molecule has 0 bridgehead atoms. The van der Waals surface area contributed by atoms with Crippen molar-refractivity contribution in [2.75, 3.05) is 11.4 Å². The summed E-state index contributed by atoms with van der Waals surface area (Å²) in [5, 5.41) is 3.00. The van der Waals surface area contributed by atoms with Gasteiger partial charge in [0.25, 0.3) is 5.91 Å². The fourth-order valence-corrected chi connectivity index (χ4v) is 4.64. The van der Waals surface area contributed by atoms with Gasteiger partial charge in [-0.05, 0) is 61.4 Å². The van der Waals surface area contributed by atoms with Crippen molar-refractivity contribution in [1.82, 2.24) is 10.2 Å². The van der Waals surface area contributed by atoms with Crippen LogP contribution in [0, 0.1) is 5.92 Å². The number of anilines is 1. The largest absolute Gasteiger partial charge is 0.349 e. The zero-order chi connectivity index (χ0) is 22.9. The van der Waals surface area contributed by atoms with E-state index in [-0.39, 0.29) is 36.1 Å². The van der Waals surface area contributed by atoms with Gasteiger partial charge in [0.1, 0.15) is 0 Å². The Morgan fingerprint density at radius 2 is 1.76 bits per heavy atom. The lowest BCUT2D eigenvalue weighted by molar-refractivity contribution is -0.137. The van der Waals surface area contributed by atoms with E-state index in [4.69, 9.17) is 0 Å². The topological polar surface area (TPSA) is 69.7 Å². The van der Waals surface area contributed by atoms with Gasteiger partial charge in [0.05, 0.1) is 5.92 Å². The average Bonchev–Trinajstić information content (AvgIpc) is 3.77. The molecule has 0 radical (unpaired) electrons. The van der Waals surface area contributed by atoms with Crippen molar-refractivity contribution in [1.29, 1.82) is 0 Å². The molecule has 3 fully saturated rings. The van der Waals surface area contributed by atoms with Crippen molar-refractivity contribution in [2.24, 2.45) is 5.92 Å². The van der Waals surface area contributed by atoms with E-state index in [1.54, 1.807) is 4.90 Å². The zero-order valence-corrected chi connectivity index (χ0v) is 19.1. The predicted octanol–water partition coefficient (Wildman–Crippen LogP) is 3.69. The van der Waals surface area contributed by atoms with Crippen LogP contribution >= 0.6 is 0 Å². The molecule has 172 valence electrons. The van der Waals surface area contributed by atoms with Gasteiger partial charge in [0.15, 0.2) is 0 Å². The van der Waals surface area contributed by atoms with E-state index >= 15 is 0 Å². The molecule has 1 atom stereocenters. The minimum absolute atomic E-state index is 0.0241. The molecule has 1 unspecified atom stereocenters. The van der Waals surface area contributed by atoms with Gasteiger partial charge in [0.2, 0.25) is 11.8 Å². The maximum absolute atomic E-state index is 13.5. The lowest BCUT2D eigenvalue weighted by Gasteiger charge is -2.26. The molecule has 6 nitrogen and oxygen atoms in total. The molecule has 3 amide bonds. The number of benzene rings is 2. The first-order valence-corrected chi connectivity index (χ1v) is 12.1. The van der Waals surface area contributed by atoms with Gasteiger partial charge < -0.3 is 15.1 Å². The van der Waals surface area contributed by atoms with Crippen LogP contribution in [0.5, 0.6) is 0 Å². The Bertz CT molecular complexity index is 1060. The fourth-order valence-electron chi connectivity index (χ4n) is 4.64. The summed E-state index contributed by atoms with van der Waals surface area (Å²) in [5.74, 6) is -0.253. The third-order valence-electron chi connectivity index (χ3n) is 6.89. The normalized spacial score (nSPS) is 20.1. The number of hydrogen-bond donors (Lipinski definition) is 1. The Morgan fingerprint density at radius 1 is 1.03 bits per heavy atom. The summed E-state index contributed by atoms with van der Waals surface area (Å²) in [5.41, 5.74) is 3.72. The molecule has 6 heteroatoms. The number of nitrogens with one attached hydrogen (secondary N) is 1. The number of hydrogen-bond acceptors (Lipinski definition) is 3. The highest BCUT2D eigenvalue weighted by atomic mass is 16.2. The third kappa shape index (κ3) is 4.80. The predicted molar refractivity (Wildman–Crippen MR) is 127 cm³/mol. The van der Waals surface area contributed by atoms with Crippen molar-refractivity contribution in [3.05, 3.63) is 65.2 Å². The van der Waals surface area contributed by atoms with Gasteiger partial charge in [-0.3, -0.25) is 14.4 Å². The summed E-state index contributed by atoms with van der Waals surface area (Å²) in [7, 11) is 0. The van der Waals surface area contributed by atoms with Crippen LogP contribution in [-0.4, -0.2) is 41.2 Å². The zero-order valence-electron chi connectivity index (χ0n) is 19.1. The van der Waals surface area contributed by atoms with Crippen LogP contribution in [0.1, 0.15) is 60.5 Å². The SMILES string of the molecule is CCc1ccccc1N1CC(C(=O)N(Cc2ccc(C(=O)NC3CC3)cc2)C2CC2)CC1=O. The van der Waals surface area contributed by atoms with Crippen molar-refractivity contribution in [3.63, 3.8) is 0 Å². The van der Waals surface area contributed by atoms with Crippen LogP contribution in [0.3, 0.4) is 0 Å². The van der Waals surface area contributed by atoms with Crippen LogP contribution in [-0.2, 0) is 22.6 Å². The maximum atomic E-state index is 13.5. The van der Waals surface area contributed by atoms with Crippen molar-refractivity contribution in [3.8, 4) is 0 Å². The molecule has 0 aromatic heterocycles. The highest BCUT2D eigenvalue weighted by Gasteiger charge is 2.41. The van der Waals surface area contributed by atoms with E-state index < -0.39 is 0 Å². The molecular weight excluding hydrogens is 414 g/mol. The lowest BCUT2D eigenvalue weighted by Crippen LogP contribution is -2.38. The van der Waals surface area contributed by atoms with Gasteiger partial charge in [-0.15, -0.1) is 0 Å². The number of para-hydroxylation sites is 1. The molecule has 1 saturated heterocycles. The average molecular weight is 446 g/mol. The van der Waals surface area contributed by atoms with Crippen molar-refractivity contribution < 1.29 is 14.4 Å². The Labute approximate surface area is 194 Å². The maximum Gasteiger partial charge on any atom is 0.251 e. The highest BCUT2D eigenvalue weighted by molar-refractivity contribution is 6.01. The van der Waals surface area contributed by atoms with Crippen LogP contribution in [0.4, 0.5) is 5.69 Å². The summed E-state index contributed by atoms with van der Waals surface area (Å²) in [6, 6.07) is 16.1. The van der Waals surface area contributed by atoms with Crippen molar-refractivity contribution >= 4 is 23.4 Å². The molecule has 33 heavy (non-hydrogen) atoms. The molecule has 2 aromatic rings. The van der Waals surface area contributed by atoms with E-state index in [1.165, 1.54) is 0 Å². The molecule has 0 spiro atoms. The highest BCUT2D eigenvalue weighted by Crippen LogP contribution is 2.34. The molecular formula is C27H31N3O3. The lowest BCUT2D eigenvalue weighted by atomic mass is 10.1. The first-order chi connectivity index (χ1) is 16.0. The van der Waals surface area contributed by atoms with Crippen LogP contribution in [0.15, 0.2) is 48.5 Å². The second-order valence-electron chi connectivity index (χ2n) is 9.53. The van der Waals surface area contributed by atoms with E-state index in [0.29, 0.717) is 24.7 Å². The minimum Gasteiger partial charge on any atom is -0.349 e. The summed E-state index contributed by atoms with van der Waals surface area (Å²) in [4.78, 5) is 42.3. The molecule has 5 rings (SSSR count). The Hall–Kier alpha value is -3.15. The third-order valence-corrected chi connectivity index (χ3v) is 6.89. The Morgan fingerprint density at radius 3 is 2.42 bits per heavy atom. The quantitative estimate of drug-likeness (QED) is 0.674. The second kappa shape index (κ2) is 9.00. The number of nitrogens with zero attached hydrogens (tertiary/aromatic N) is 2. The Kier molecular flexibility index (Phi) is 5.92. The summed E-state index contributed by atoms with van der Waals surface area (Å²) >= 11 is 0. The first-order valence-electron chi connectivity index (χ1n) is 12.1. The molecule has 1 aliphatic heterocycles. The van der Waals surface area contributed by atoms with Crippen molar-refractivity contribution in [2.45, 2.75) is 64.1 Å². The second-order valence-corrected chi connectivity index (χ2v) is 9.53.